The van der Waals surface area contributed by atoms with Crippen LogP contribution in [0.25, 0.3) is 0 Å². The van der Waals surface area contributed by atoms with Gasteiger partial charge < -0.3 is 10.0 Å². The molecule has 0 bridgehead atoms. The highest BCUT2D eigenvalue weighted by Crippen LogP contribution is 2.09. The van der Waals surface area contributed by atoms with Gasteiger partial charge in [0.25, 0.3) is 0 Å². The highest BCUT2D eigenvalue weighted by Gasteiger charge is 2.17. The van der Waals surface area contributed by atoms with Crippen molar-refractivity contribution in [1.82, 2.24) is 4.90 Å². The number of aliphatic hydroxyl groups excluding tert-OH is 1. The van der Waals surface area contributed by atoms with E-state index in [2.05, 4.69) is 0 Å². The van der Waals surface area contributed by atoms with Crippen LogP contribution in [0.15, 0.2) is 0 Å². The fourth-order valence-corrected chi connectivity index (χ4v) is 1.18. The zero-order valence-electron chi connectivity index (χ0n) is 8.21. The van der Waals surface area contributed by atoms with E-state index in [4.69, 9.17) is 5.11 Å². The van der Waals surface area contributed by atoms with Gasteiger partial charge in [-0.3, -0.25) is 4.79 Å². The molecule has 1 aliphatic heterocycles. The number of amides is 1. The van der Waals surface area contributed by atoms with Gasteiger partial charge in [0.05, 0.1) is 6.10 Å². The number of aliphatic hydroxyl groups is 1. The number of nitrogens with zero attached hydrogens (tertiary/aromatic N) is 1. The summed E-state index contributed by atoms with van der Waals surface area (Å²) in [6.07, 6.45) is 1.29. The van der Waals surface area contributed by atoms with E-state index in [0.717, 1.165) is 25.9 Å². The van der Waals surface area contributed by atoms with Crippen molar-refractivity contribution in [3.05, 3.63) is 0 Å². The molecule has 1 saturated heterocycles. The zero-order valence-corrected chi connectivity index (χ0v) is 8.21. The van der Waals surface area contributed by atoms with Crippen molar-refractivity contribution in [3.8, 4) is 0 Å². The number of piperidine rings is 1. The van der Waals surface area contributed by atoms with Crippen molar-refractivity contribution in [2.45, 2.75) is 39.7 Å². The van der Waals surface area contributed by atoms with E-state index in [9.17, 15) is 4.79 Å². The maximum Gasteiger partial charge on any atom is 0.219 e. The second-order valence-electron chi connectivity index (χ2n) is 2.74. The molecule has 1 rings (SSSR count). The van der Waals surface area contributed by atoms with Gasteiger partial charge in [0.15, 0.2) is 0 Å². The van der Waals surface area contributed by atoms with Gasteiger partial charge in [-0.2, -0.15) is 0 Å². The highest BCUT2D eigenvalue weighted by atomic mass is 16.3. The fourth-order valence-electron chi connectivity index (χ4n) is 1.18. The Hall–Kier alpha value is -0.570. The van der Waals surface area contributed by atoms with Crippen LogP contribution in [0.3, 0.4) is 0 Å². The van der Waals surface area contributed by atoms with Crippen LogP contribution in [0.5, 0.6) is 0 Å². The quantitative estimate of drug-likeness (QED) is 0.594. The van der Waals surface area contributed by atoms with Crippen LogP contribution in [0.1, 0.15) is 33.6 Å². The molecule has 1 amide bonds. The third-order valence-electron chi connectivity index (χ3n) is 1.91. The molecule has 72 valence electrons. The Bertz CT molecular complexity index is 128. The van der Waals surface area contributed by atoms with E-state index in [-0.39, 0.29) is 12.0 Å². The smallest absolute Gasteiger partial charge is 0.219 e. The number of carbonyl (C=O) groups is 1. The molecule has 0 spiro atoms. The lowest BCUT2D eigenvalue weighted by Crippen LogP contribution is -2.38. The molecule has 0 radical (unpaired) electrons. The summed E-state index contributed by atoms with van der Waals surface area (Å²) in [5.74, 6) is 0.118. The van der Waals surface area contributed by atoms with E-state index < -0.39 is 0 Å². The first-order chi connectivity index (χ1) is 5.70. The Morgan fingerprint density at radius 2 is 1.75 bits per heavy atom. The Morgan fingerprint density at radius 3 is 2.08 bits per heavy atom. The summed E-state index contributed by atoms with van der Waals surface area (Å²) in [6, 6.07) is 0. The van der Waals surface area contributed by atoms with E-state index in [0.29, 0.717) is 0 Å². The summed E-state index contributed by atoms with van der Waals surface area (Å²) in [4.78, 5) is 12.5. The Balaban J connectivity index is 0.000000561. The summed E-state index contributed by atoms with van der Waals surface area (Å²) in [7, 11) is 0. The SMILES string of the molecule is CC.CC(=O)N1CCC(O)CC1. The first kappa shape index (κ1) is 11.4. The molecular formula is C9H19NO2. The molecule has 0 aromatic heterocycles. The molecule has 0 saturated carbocycles. The molecule has 0 unspecified atom stereocenters. The second-order valence-corrected chi connectivity index (χ2v) is 2.74. The van der Waals surface area contributed by atoms with Crippen LogP contribution < -0.4 is 0 Å². The maximum absolute atomic E-state index is 10.7. The average Bonchev–Trinajstić information content (AvgIpc) is 2.09. The van der Waals surface area contributed by atoms with Crippen LogP contribution in [0.4, 0.5) is 0 Å². The summed E-state index contributed by atoms with van der Waals surface area (Å²) in [6.45, 7) is 7.00. The van der Waals surface area contributed by atoms with Crippen LogP contribution in [0, 0.1) is 0 Å². The maximum atomic E-state index is 10.7. The summed E-state index contributed by atoms with van der Waals surface area (Å²) in [5, 5.41) is 9.07. The highest BCUT2D eigenvalue weighted by molar-refractivity contribution is 5.73. The van der Waals surface area contributed by atoms with Crippen molar-refractivity contribution in [1.29, 1.82) is 0 Å². The molecule has 1 aliphatic rings. The van der Waals surface area contributed by atoms with Gasteiger partial charge >= 0.3 is 0 Å². The predicted molar refractivity (Wildman–Crippen MR) is 48.8 cm³/mol. The molecule has 1 fully saturated rings. The van der Waals surface area contributed by atoms with Crippen LogP contribution in [0.2, 0.25) is 0 Å². The van der Waals surface area contributed by atoms with Crippen LogP contribution in [-0.4, -0.2) is 35.1 Å². The summed E-state index contributed by atoms with van der Waals surface area (Å²) >= 11 is 0. The molecular weight excluding hydrogens is 154 g/mol. The minimum atomic E-state index is -0.185. The van der Waals surface area contributed by atoms with E-state index in [1.807, 2.05) is 13.8 Å². The van der Waals surface area contributed by atoms with Gasteiger partial charge in [-0.25, -0.2) is 0 Å². The number of likely N-dealkylation sites (tertiary alicyclic amines) is 1. The van der Waals surface area contributed by atoms with Crippen LogP contribution >= 0.6 is 0 Å². The van der Waals surface area contributed by atoms with Crippen molar-refractivity contribution in [2.75, 3.05) is 13.1 Å². The summed E-state index contributed by atoms with van der Waals surface area (Å²) < 4.78 is 0. The largest absolute Gasteiger partial charge is 0.393 e. The first-order valence-corrected chi connectivity index (χ1v) is 4.63. The first-order valence-electron chi connectivity index (χ1n) is 4.63. The van der Waals surface area contributed by atoms with E-state index in [1.165, 1.54) is 0 Å². The molecule has 0 atom stereocenters. The fraction of sp³-hybridized carbons (Fsp3) is 0.889. The van der Waals surface area contributed by atoms with Gasteiger partial charge in [0, 0.05) is 20.0 Å². The zero-order chi connectivity index (χ0) is 9.56. The number of hydrogen-bond acceptors (Lipinski definition) is 2. The third kappa shape index (κ3) is 3.72. The van der Waals surface area contributed by atoms with Gasteiger partial charge in [0.2, 0.25) is 5.91 Å². The van der Waals surface area contributed by atoms with Crippen molar-refractivity contribution in [2.24, 2.45) is 0 Å². The Labute approximate surface area is 74.4 Å². The van der Waals surface area contributed by atoms with Gasteiger partial charge in [0.1, 0.15) is 0 Å². The van der Waals surface area contributed by atoms with E-state index >= 15 is 0 Å². The normalized spacial score (nSPS) is 18.2. The third-order valence-corrected chi connectivity index (χ3v) is 1.91. The molecule has 0 aromatic rings. The topological polar surface area (TPSA) is 40.5 Å². The minimum Gasteiger partial charge on any atom is -0.393 e. The van der Waals surface area contributed by atoms with Crippen LogP contribution in [-0.2, 0) is 4.79 Å². The molecule has 0 aromatic carbocycles. The van der Waals surface area contributed by atoms with Crippen molar-refractivity contribution >= 4 is 5.91 Å². The van der Waals surface area contributed by atoms with Gasteiger partial charge in [-0.1, -0.05) is 13.8 Å². The standard InChI is InChI=1S/C7H13NO2.C2H6/c1-6(9)8-4-2-7(10)3-5-8;1-2/h7,10H,2-5H2,1H3;1-2H3. The van der Waals surface area contributed by atoms with Crippen molar-refractivity contribution < 1.29 is 9.90 Å². The predicted octanol–water partition coefficient (Wildman–Crippen LogP) is 1.02. The molecule has 0 aliphatic carbocycles. The number of carbonyl (C=O) groups excluding carboxylic acids is 1. The molecule has 1 N–H and O–H groups in total. The van der Waals surface area contributed by atoms with E-state index in [1.54, 1.807) is 11.8 Å². The average molecular weight is 173 g/mol. The molecule has 12 heavy (non-hydrogen) atoms. The lowest BCUT2D eigenvalue weighted by atomic mass is 10.1. The number of hydrogen-bond donors (Lipinski definition) is 1. The molecule has 1 heterocycles. The Kier molecular flexibility index (Phi) is 5.72. The number of rotatable bonds is 0. The monoisotopic (exact) mass is 173 g/mol. The van der Waals surface area contributed by atoms with Gasteiger partial charge in [-0.15, -0.1) is 0 Å². The second kappa shape index (κ2) is 6.00. The lowest BCUT2D eigenvalue weighted by molar-refractivity contribution is -0.130. The van der Waals surface area contributed by atoms with Gasteiger partial charge in [-0.05, 0) is 12.8 Å². The molecule has 3 nitrogen and oxygen atoms in total. The Morgan fingerprint density at radius 1 is 1.33 bits per heavy atom. The molecule has 3 heteroatoms. The lowest BCUT2D eigenvalue weighted by Gasteiger charge is -2.28. The summed E-state index contributed by atoms with van der Waals surface area (Å²) in [5.41, 5.74) is 0. The minimum absolute atomic E-state index is 0.118. The van der Waals surface area contributed by atoms with Crippen molar-refractivity contribution in [3.63, 3.8) is 0 Å².